The average molecular weight is 277 g/mol. The van der Waals surface area contributed by atoms with Gasteiger partial charge in [0.25, 0.3) is 0 Å². The molecule has 1 fully saturated rings. The Bertz CT molecular complexity index is 607. The standard InChI is InChI=1S/C13H15N3O4/c1-13(12(17)18)5-3-6-16(13)8-10-14-11(15-20-10)9-4-2-7-19-9/h2,4,7H,3,5-6,8H2,1H3,(H,17,18). The lowest BCUT2D eigenvalue weighted by Gasteiger charge is -2.29. The number of rotatable bonds is 4. The number of hydrogen-bond donors (Lipinski definition) is 1. The van der Waals surface area contributed by atoms with Crippen LogP contribution in [0.2, 0.25) is 0 Å². The molecule has 1 aliphatic rings. The third-order valence-corrected chi connectivity index (χ3v) is 3.79. The molecule has 3 rings (SSSR count). The normalized spacial score (nSPS) is 23.2. The Balaban J connectivity index is 1.77. The lowest BCUT2D eigenvalue weighted by atomic mass is 9.99. The van der Waals surface area contributed by atoms with Gasteiger partial charge in [-0.05, 0) is 38.4 Å². The van der Waals surface area contributed by atoms with Crippen LogP contribution in [0.1, 0.15) is 25.7 Å². The zero-order valence-electron chi connectivity index (χ0n) is 11.1. The first-order valence-electron chi connectivity index (χ1n) is 6.44. The van der Waals surface area contributed by atoms with Gasteiger partial charge in [0.05, 0.1) is 12.8 Å². The first kappa shape index (κ1) is 12.9. The molecule has 1 unspecified atom stereocenters. The van der Waals surface area contributed by atoms with E-state index in [1.54, 1.807) is 19.1 Å². The van der Waals surface area contributed by atoms with Gasteiger partial charge in [0.1, 0.15) is 5.54 Å². The summed E-state index contributed by atoms with van der Waals surface area (Å²) in [6, 6.07) is 3.49. The first-order valence-corrected chi connectivity index (χ1v) is 6.44. The van der Waals surface area contributed by atoms with Crippen LogP contribution in [0, 0.1) is 0 Å². The Morgan fingerprint density at radius 2 is 2.45 bits per heavy atom. The molecule has 2 aromatic rings. The molecule has 3 heterocycles. The molecule has 0 bridgehead atoms. The molecule has 7 nitrogen and oxygen atoms in total. The van der Waals surface area contributed by atoms with Crippen LogP contribution in [0.5, 0.6) is 0 Å². The van der Waals surface area contributed by atoms with E-state index in [0.29, 0.717) is 37.0 Å². The summed E-state index contributed by atoms with van der Waals surface area (Å²) in [5, 5.41) is 13.2. The molecule has 1 aliphatic heterocycles. The number of nitrogens with zero attached hydrogens (tertiary/aromatic N) is 3. The fourth-order valence-corrected chi connectivity index (χ4v) is 2.50. The van der Waals surface area contributed by atoms with Crippen molar-refractivity contribution < 1.29 is 18.8 Å². The highest BCUT2D eigenvalue weighted by Gasteiger charge is 2.43. The zero-order chi connectivity index (χ0) is 14.2. The summed E-state index contributed by atoms with van der Waals surface area (Å²) < 4.78 is 10.4. The van der Waals surface area contributed by atoms with Crippen molar-refractivity contribution in [2.24, 2.45) is 0 Å². The molecule has 106 valence electrons. The minimum absolute atomic E-state index is 0.330. The fraction of sp³-hybridized carbons (Fsp3) is 0.462. The third-order valence-electron chi connectivity index (χ3n) is 3.79. The zero-order valence-corrected chi connectivity index (χ0v) is 11.1. The van der Waals surface area contributed by atoms with E-state index in [2.05, 4.69) is 10.1 Å². The SMILES string of the molecule is CC1(C(=O)O)CCCN1Cc1nc(-c2ccco2)no1. The van der Waals surface area contributed by atoms with Crippen molar-refractivity contribution in [2.75, 3.05) is 6.54 Å². The molecular weight excluding hydrogens is 262 g/mol. The summed E-state index contributed by atoms with van der Waals surface area (Å²) in [5.74, 6) is 0.482. The van der Waals surface area contributed by atoms with Gasteiger partial charge in [0.2, 0.25) is 11.7 Å². The maximum atomic E-state index is 11.4. The molecule has 0 radical (unpaired) electrons. The topological polar surface area (TPSA) is 92.6 Å². The van der Waals surface area contributed by atoms with E-state index < -0.39 is 11.5 Å². The second kappa shape index (κ2) is 4.75. The number of carboxylic acid groups (broad SMARTS) is 1. The van der Waals surface area contributed by atoms with Crippen molar-refractivity contribution in [2.45, 2.75) is 31.8 Å². The smallest absolute Gasteiger partial charge is 0.323 e. The van der Waals surface area contributed by atoms with Crippen LogP contribution in [-0.4, -0.2) is 38.2 Å². The molecule has 0 aliphatic carbocycles. The lowest BCUT2D eigenvalue weighted by molar-refractivity contribution is -0.149. The van der Waals surface area contributed by atoms with Crippen LogP contribution in [-0.2, 0) is 11.3 Å². The van der Waals surface area contributed by atoms with E-state index in [9.17, 15) is 9.90 Å². The summed E-state index contributed by atoms with van der Waals surface area (Å²) in [6.45, 7) is 2.77. The van der Waals surface area contributed by atoms with Gasteiger partial charge in [-0.3, -0.25) is 9.69 Å². The van der Waals surface area contributed by atoms with E-state index in [4.69, 9.17) is 8.94 Å². The predicted molar refractivity (Wildman–Crippen MR) is 67.7 cm³/mol. The van der Waals surface area contributed by atoms with Crippen molar-refractivity contribution in [3.63, 3.8) is 0 Å². The summed E-state index contributed by atoms with van der Waals surface area (Å²) in [5.41, 5.74) is -0.862. The summed E-state index contributed by atoms with van der Waals surface area (Å²) in [7, 11) is 0. The van der Waals surface area contributed by atoms with Crippen LogP contribution in [0.15, 0.2) is 27.3 Å². The van der Waals surface area contributed by atoms with Crippen LogP contribution in [0.25, 0.3) is 11.6 Å². The summed E-state index contributed by atoms with van der Waals surface area (Å²) in [6.07, 6.45) is 3.01. The highest BCUT2D eigenvalue weighted by Crippen LogP contribution is 2.30. The van der Waals surface area contributed by atoms with Gasteiger partial charge in [0.15, 0.2) is 5.76 Å². The number of furan rings is 1. The minimum atomic E-state index is -0.862. The second-order valence-corrected chi connectivity index (χ2v) is 5.09. The quantitative estimate of drug-likeness (QED) is 0.910. The minimum Gasteiger partial charge on any atom is -0.480 e. The molecule has 1 saturated heterocycles. The number of carboxylic acids is 1. The number of hydrogen-bond acceptors (Lipinski definition) is 6. The monoisotopic (exact) mass is 277 g/mol. The Hall–Kier alpha value is -2.15. The first-order chi connectivity index (χ1) is 9.59. The second-order valence-electron chi connectivity index (χ2n) is 5.09. The molecule has 7 heteroatoms. The molecule has 1 N–H and O–H groups in total. The molecule has 0 saturated carbocycles. The van der Waals surface area contributed by atoms with Gasteiger partial charge >= 0.3 is 5.97 Å². The van der Waals surface area contributed by atoms with Gasteiger partial charge in [-0.1, -0.05) is 5.16 Å². The van der Waals surface area contributed by atoms with Crippen LogP contribution < -0.4 is 0 Å². The summed E-state index contributed by atoms with van der Waals surface area (Å²) in [4.78, 5) is 17.5. The number of carbonyl (C=O) groups is 1. The Morgan fingerprint density at radius 3 is 3.15 bits per heavy atom. The van der Waals surface area contributed by atoms with Crippen molar-refractivity contribution in [1.82, 2.24) is 15.0 Å². The highest BCUT2D eigenvalue weighted by atomic mass is 16.5. The van der Waals surface area contributed by atoms with E-state index >= 15 is 0 Å². The maximum Gasteiger partial charge on any atom is 0.323 e. The fourth-order valence-electron chi connectivity index (χ4n) is 2.50. The van der Waals surface area contributed by atoms with Crippen molar-refractivity contribution >= 4 is 5.97 Å². The van der Waals surface area contributed by atoms with Crippen molar-refractivity contribution in [3.05, 3.63) is 24.3 Å². The van der Waals surface area contributed by atoms with E-state index in [0.717, 1.165) is 6.42 Å². The average Bonchev–Trinajstić information content (AvgIpc) is 3.12. The number of aromatic nitrogens is 2. The molecule has 0 spiro atoms. The Kier molecular flexibility index (Phi) is 3.06. The maximum absolute atomic E-state index is 11.4. The molecular formula is C13H15N3O4. The van der Waals surface area contributed by atoms with Gasteiger partial charge < -0.3 is 14.0 Å². The van der Waals surface area contributed by atoms with Crippen LogP contribution in [0.4, 0.5) is 0 Å². The van der Waals surface area contributed by atoms with Gasteiger partial charge in [-0.25, -0.2) is 0 Å². The number of aliphatic carboxylic acids is 1. The molecule has 0 aromatic carbocycles. The van der Waals surface area contributed by atoms with Crippen LogP contribution >= 0.6 is 0 Å². The van der Waals surface area contributed by atoms with E-state index in [-0.39, 0.29) is 0 Å². The van der Waals surface area contributed by atoms with Gasteiger partial charge in [-0.15, -0.1) is 0 Å². The molecule has 1 atom stereocenters. The molecule has 20 heavy (non-hydrogen) atoms. The van der Waals surface area contributed by atoms with Crippen LogP contribution in [0.3, 0.4) is 0 Å². The van der Waals surface area contributed by atoms with E-state index in [1.165, 1.54) is 6.26 Å². The molecule has 2 aromatic heterocycles. The van der Waals surface area contributed by atoms with Gasteiger partial charge in [-0.2, -0.15) is 4.98 Å². The van der Waals surface area contributed by atoms with E-state index in [1.807, 2.05) is 4.90 Å². The number of likely N-dealkylation sites (tertiary alicyclic amines) is 1. The third kappa shape index (κ3) is 2.09. The largest absolute Gasteiger partial charge is 0.480 e. The predicted octanol–water partition coefficient (Wildman–Crippen LogP) is 1.77. The van der Waals surface area contributed by atoms with Gasteiger partial charge in [0, 0.05) is 0 Å². The van der Waals surface area contributed by atoms with Crippen molar-refractivity contribution in [3.8, 4) is 11.6 Å². The van der Waals surface area contributed by atoms with Crippen molar-refractivity contribution in [1.29, 1.82) is 0 Å². The highest BCUT2D eigenvalue weighted by molar-refractivity contribution is 5.78. The Morgan fingerprint density at radius 1 is 1.60 bits per heavy atom. The Labute approximate surface area is 115 Å². The lowest BCUT2D eigenvalue weighted by Crippen LogP contribution is -2.47. The molecule has 0 amide bonds. The summed E-state index contributed by atoms with van der Waals surface area (Å²) >= 11 is 0.